The van der Waals surface area contributed by atoms with Crippen molar-refractivity contribution < 1.29 is 77.3 Å². The third-order valence-corrected chi connectivity index (χ3v) is 18.8. The number of amides is 13. The van der Waals surface area contributed by atoms with Gasteiger partial charge in [-0.25, -0.2) is 0 Å². The number of pyridine rings is 1. The van der Waals surface area contributed by atoms with Gasteiger partial charge in [-0.05, 0) is 146 Å². The normalized spacial score (nSPS) is 14.9. The monoisotopic (exact) mass is 1580 g/mol. The van der Waals surface area contributed by atoms with E-state index < -0.39 is 150 Å². The number of aliphatic hydroxyl groups is 1. The Morgan fingerprint density at radius 3 is 1.56 bits per heavy atom. The fourth-order valence-electron chi connectivity index (χ4n) is 12.8. The Morgan fingerprint density at radius 1 is 0.522 bits per heavy atom. The van der Waals surface area contributed by atoms with Crippen molar-refractivity contribution >= 4 is 117 Å². The molecule has 6 aromatic rings. The van der Waals surface area contributed by atoms with Crippen LogP contribution in [0.3, 0.4) is 0 Å². The molecule has 0 aliphatic carbocycles. The highest BCUT2D eigenvalue weighted by molar-refractivity contribution is 6.30. The quantitative estimate of drug-likeness (QED) is 0.0193. The van der Waals surface area contributed by atoms with Crippen molar-refractivity contribution in [1.29, 1.82) is 0 Å². The topological polar surface area (TPSA) is 443 Å². The molecule has 1 saturated heterocycles. The minimum absolute atomic E-state index is 0.00378. The van der Waals surface area contributed by atoms with Crippen LogP contribution in [0, 0.1) is 5.92 Å². The molecule has 1 fully saturated rings. The van der Waals surface area contributed by atoms with Crippen LogP contribution < -0.4 is 63.8 Å². The highest BCUT2D eigenvalue weighted by Crippen LogP contribution is 2.23. The third-order valence-electron chi connectivity index (χ3n) is 18.6. The Labute approximate surface area is 660 Å². The van der Waals surface area contributed by atoms with Crippen molar-refractivity contribution in [2.24, 2.45) is 5.92 Å². The molecule has 1 unspecified atom stereocenters. The number of carbonyl (C=O) groups is 14. The minimum atomic E-state index is -2.15. The first-order valence-electron chi connectivity index (χ1n) is 37.5. The molecule has 1 aliphatic heterocycles. The van der Waals surface area contributed by atoms with Crippen molar-refractivity contribution in [3.63, 3.8) is 0 Å². The van der Waals surface area contributed by atoms with Crippen molar-refractivity contribution in [2.45, 2.75) is 186 Å². The number of carboxylic acid groups (broad SMARTS) is 1. The molecule has 113 heavy (non-hydrogen) atoms. The van der Waals surface area contributed by atoms with Gasteiger partial charge in [0.15, 0.2) is 6.17 Å². The van der Waals surface area contributed by atoms with Crippen LogP contribution in [0.5, 0.6) is 0 Å². The molecule has 604 valence electrons. The average molecular weight is 1580 g/mol. The summed E-state index contributed by atoms with van der Waals surface area (Å²) in [6.45, 7) is 12.1. The zero-order valence-electron chi connectivity index (χ0n) is 64.7. The maximum absolute atomic E-state index is 15.5. The number of halogens is 1. The number of aliphatic carboxylic acids is 1. The lowest BCUT2D eigenvalue weighted by Gasteiger charge is -2.32. The summed E-state index contributed by atoms with van der Waals surface area (Å²) in [7, 11) is 1.13. The lowest BCUT2D eigenvalue weighted by atomic mass is 9.99. The number of aromatic nitrogens is 1. The van der Waals surface area contributed by atoms with Gasteiger partial charge in [0.25, 0.3) is 11.8 Å². The number of rotatable bonds is 40. The first-order chi connectivity index (χ1) is 53.7. The second-order valence-electron chi connectivity index (χ2n) is 28.7. The van der Waals surface area contributed by atoms with Crippen LogP contribution >= 0.6 is 11.6 Å². The highest BCUT2D eigenvalue weighted by Gasteiger charge is 2.41. The Hall–Kier alpha value is -11.7. The fourth-order valence-corrected chi connectivity index (χ4v) is 12.9. The molecule has 1 aromatic heterocycles. The number of carbonyl (C=O) groups excluding carboxylic acids is 13. The highest BCUT2D eigenvalue weighted by atomic mass is 35.5. The number of benzene rings is 5. The van der Waals surface area contributed by atoms with Crippen LogP contribution in [0.25, 0.3) is 10.8 Å². The molecule has 31 nitrogen and oxygen atoms in total. The van der Waals surface area contributed by atoms with Crippen molar-refractivity contribution in [2.75, 3.05) is 37.4 Å². The molecule has 0 spiro atoms. The van der Waals surface area contributed by atoms with Crippen LogP contribution in [0.2, 0.25) is 5.02 Å². The van der Waals surface area contributed by atoms with Gasteiger partial charge in [0.05, 0.1) is 6.61 Å². The summed E-state index contributed by atoms with van der Waals surface area (Å²) in [5, 5.41) is 55.2. The van der Waals surface area contributed by atoms with Crippen molar-refractivity contribution in [1.82, 2.24) is 68.0 Å². The first-order valence-corrected chi connectivity index (χ1v) is 37.8. The summed E-state index contributed by atoms with van der Waals surface area (Å²) in [4.78, 5) is 203. The van der Waals surface area contributed by atoms with E-state index in [0.717, 1.165) is 22.7 Å². The molecule has 0 radical (unpaired) electrons. The molecule has 14 N–H and O–H groups in total. The van der Waals surface area contributed by atoms with Crippen molar-refractivity contribution in [3.05, 3.63) is 173 Å². The number of hydrogen-bond acceptors (Lipinski definition) is 17. The number of nitrogens with zero attached hydrogens (tertiary/aromatic N) is 3. The molecule has 1 aliphatic rings. The lowest BCUT2D eigenvalue weighted by molar-refractivity contribution is -0.144. The van der Waals surface area contributed by atoms with E-state index in [2.05, 4.69) is 68.8 Å². The number of likely N-dealkylation sites (tertiary alicyclic amines) is 1. The van der Waals surface area contributed by atoms with E-state index in [0.29, 0.717) is 64.5 Å². The summed E-state index contributed by atoms with van der Waals surface area (Å²) in [6.07, 6.45) is 1.50. The standard InChI is InChI=1S/C81H102ClN15O16/c1-46(2)38-63(71(102)89-62(19-12-13-36-84-47(3)4)80(111)97-37-15-20-69(97)77(108)85-48(5)81(112)113)90-74(105)66(41-53-24-31-60(32-25-53)86-49(6)99)93-78(109)70(96(9)79(110)57-27-33-61(34-28-57)87-50(7)100)95-76(107)68(45-98)94-75(106)67(43-55-16-14-35-83-44-55)92-73(104)65(40-52-22-29-59(82)30-23-52)91-72(103)64(88-51(8)101)42-54-21-26-56-17-10-11-18-58(56)39-54/h10-11,14,16-18,21-35,39,44,46-48,62-70,84,98H,12-13,15,19-20,36-38,40-43,45H2,1-9H3,(H,85,108)(H,86,99)(H,87,100)(H,88,101)(H,89,102)(H,90,105)(H,91,103)(H,92,104)(H,93,109)(H,94,106)(H,95,107)(H,112,113)/t48-,62+,63+,64-,65-,66-,67-,68+,69+,70?/m1/s1. The summed E-state index contributed by atoms with van der Waals surface area (Å²) in [6, 6.07) is 21.4. The Kier molecular flexibility index (Phi) is 33.8. The van der Waals surface area contributed by atoms with E-state index in [1.54, 1.807) is 62.4 Å². The molecule has 7 rings (SSSR count). The van der Waals surface area contributed by atoms with Gasteiger partial charge in [-0.1, -0.05) is 112 Å². The minimum Gasteiger partial charge on any atom is -0.480 e. The molecule has 10 atom stereocenters. The van der Waals surface area contributed by atoms with Gasteiger partial charge in [-0.3, -0.25) is 72.1 Å². The van der Waals surface area contributed by atoms with Gasteiger partial charge < -0.3 is 83.8 Å². The Morgan fingerprint density at radius 2 is 1.02 bits per heavy atom. The Balaban J connectivity index is 1.21. The second kappa shape index (κ2) is 43.2. The van der Waals surface area contributed by atoms with E-state index >= 15 is 9.59 Å². The first kappa shape index (κ1) is 88.5. The number of anilines is 2. The van der Waals surface area contributed by atoms with Crippen molar-refractivity contribution in [3.8, 4) is 0 Å². The van der Waals surface area contributed by atoms with Gasteiger partial charge in [-0.15, -0.1) is 0 Å². The molecule has 0 saturated carbocycles. The fraction of sp³-hybridized carbons (Fsp3) is 0.420. The number of aliphatic hydroxyl groups excluding tert-OH is 1. The number of unbranched alkanes of at least 4 members (excludes halogenated alkanes) is 1. The predicted molar refractivity (Wildman–Crippen MR) is 423 cm³/mol. The van der Waals surface area contributed by atoms with Crippen LogP contribution in [-0.4, -0.2) is 201 Å². The van der Waals surface area contributed by atoms with Gasteiger partial charge >= 0.3 is 5.97 Å². The number of likely N-dealkylation sites (N-methyl/N-ethyl adjacent to an activating group) is 1. The average Bonchev–Trinajstić information content (AvgIpc) is 1.62. The molecule has 5 aromatic carbocycles. The molecular weight excluding hydrogens is 1470 g/mol. The third kappa shape index (κ3) is 27.9. The van der Waals surface area contributed by atoms with Crippen LogP contribution in [0.1, 0.15) is 127 Å². The molecule has 32 heteroatoms. The van der Waals surface area contributed by atoms with Crippen LogP contribution in [0.4, 0.5) is 11.4 Å². The van der Waals surface area contributed by atoms with Gasteiger partial charge in [0, 0.05) is 100 Å². The summed E-state index contributed by atoms with van der Waals surface area (Å²) in [5.74, 6) is -12.3. The van der Waals surface area contributed by atoms with Crippen LogP contribution in [-0.2, 0) is 88.0 Å². The molecule has 0 bridgehead atoms. The second-order valence-corrected chi connectivity index (χ2v) is 29.2. The molecule has 2 heterocycles. The lowest BCUT2D eigenvalue weighted by Crippen LogP contribution is -2.64. The zero-order chi connectivity index (χ0) is 82.6. The summed E-state index contributed by atoms with van der Waals surface area (Å²) >= 11 is 6.26. The summed E-state index contributed by atoms with van der Waals surface area (Å²) in [5.41, 5.74) is 2.53. The number of carboxylic acids is 1. The van der Waals surface area contributed by atoms with Crippen LogP contribution in [0.15, 0.2) is 140 Å². The maximum Gasteiger partial charge on any atom is 0.325 e. The maximum atomic E-state index is 15.5. The SMILES string of the molecule is CC(=O)Nc1ccc(C[C@@H](NC(=O)C(NC(=O)[C@H](CO)NC(=O)[C@@H](Cc2cccnc2)NC(=O)[C@@H](Cc2ccc(Cl)cc2)NC(=O)[C@@H](Cc2ccc3ccccc3c2)NC(C)=O)N(C)C(=O)c2ccc(NC(C)=O)cc2)C(=O)N[C@@H](CC(C)C)C(=O)N[C@@H](CCCCNC(C)C)C(=O)N2CCC[C@H]2C(=O)N[C@H](C)C(=O)O)cc1. The number of nitrogens with one attached hydrogen (secondary N) is 12. The van der Waals surface area contributed by atoms with Gasteiger partial charge in [-0.2, -0.15) is 0 Å². The number of fused-ring (bicyclic) bond motifs is 1. The van der Waals surface area contributed by atoms with E-state index in [1.807, 2.05) is 56.3 Å². The van der Waals surface area contributed by atoms with E-state index in [1.165, 1.54) is 81.4 Å². The smallest absolute Gasteiger partial charge is 0.325 e. The number of hydrogen-bond donors (Lipinski definition) is 14. The molecular formula is C81H102ClN15O16. The van der Waals surface area contributed by atoms with E-state index in [-0.39, 0.29) is 69.0 Å². The predicted octanol–water partition coefficient (Wildman–Crippen LogP) is 3.49. The van der Waals surface area contributed by atoms with Gasteiger partial charge in [0.2, 0.25) is 65.0 Å². The van der Waals surface area contributed by atoms with E-state index in [9.17, 15) is 67.7 Å². The largest absolute Gasteiger partial charge is 0.480 e. The summed E-state index contributed by atoms with van der Waals surface area (Å²) < 4.78 is 0. The van der Waals surface area contributed by atoms with Gasteiger partial charge in [0.1, 0.15) is 54.4 Å². The zero-order valence-corrected chi connectivity index (χ0v) is 65.5. The van der Waals surface area contributed by atoms with E-state index in [4.69, 9.17) is 11.6 Å². The molecule has 13 amide bonds. The Bertz CT molecular complexity index is 4340.